The molecular formula is C19H30N6O5. The second-order valence-corrected chi connectivity index (χ2v) is 6.91. The van der Waals surface area contributed by atoms with Gasteiger partial charge in [-0.3, -0.25) is 15.0 Å². The maximum Gasteiger partial charge on any atom is 0.326 e. The number of guanidine groups is 1. The van der Waals surface area contributed by atoms with Gasteiger partial charge in [-0.05, 0) is 25.3 Å². The van der Waals surface area contributed by atoms with Crippen molar-refractivity contribution < 1.29 is 24.6 Å². The van der Waals surface area contributed by atoms with E-state index in [-0.39, 0.29) is 18.8 Å². The first-order valence-corrected chi connectivity index (χ1v) is 9.50. The average Bonchev–Trinajstić information content (AvgIpc) is 2.68. The zero-order valence-corrected chi connectivity index (χ0v) is 16.8. The van der Waals surface area contributed by atoms with Crippen LogP contribution in [0.25, 0.3) is 0 Å². The Hall–Kier alpha value is -3.18. The third kappa shape index (κ3) is 8.88. The molecule has 0 unspecified atom stereocenters. The van der Waals surface area contributed by atoms with Crippen molar-refractivity contribution in [1.29, 1.82) is 5.41 Å². The molecule has 0 bridgehead atoms. The topological polar surface area (TPSA) is 204 Å². The summed E-state index contributed by atoms with van der Waals surface area (Å²) in [6, 6.07) is 5.21. The monoisotopic (exact) mass is 422 g/mol. The van der Waals surface area contributed by atoms with E-state index in [2.05, 4.69) is 16.0 Å². The Balaban J connectivity index is 2.68. The molecule has 11 nitrogen and oxygen atoms in total. The van der Waals surface area contributed by atoms with Gasteiger partial charge in [-0.15, -0.1) is 0 Å². The summed E-state index contributed by atoms with van der Waals surface area (Å²) < 4.78 is 0. The highest BCUT2D eigenvalue weighted by Gasteiger charge is 2.30. The number of carboxylic acid groups (broad SMARTS) is 1. The molecule has 1 rings (SSSR count). The number of hydrogen-bond acceptors (Lipinski definition) is 6. The van der Waals surface area contributed by atoms with Gasteiger partial charge in [0.05, 0.1) is 12.1 Å². The van der Waals surface area contributed by atoms with Crippen molar-refractivity contribution in [2.75, 3.05) is 6.54 Å². The van der Waals surface area contributed by atoms with Crippen LogP contribution in [0.3, 0.4) is 0 Å². The second kappa shape index (κ2) is 12.4. The molecule has 1 aromatic carbocycles. The Morgan fingerprint density at radius 1 is 1.13 bits per heavy atom. The lowest BCUT2D eigenvalue weighted by Crippen LogP contribution is -2.58. The van der Waals surface area contributed by atoms with Crippen LogP contribution in [0.2, 0.25) is 0 Å². The molecule has 0 aliphatic heterocycles. The quantitative estimate of drug-likeness (QED) is 0.110. The van der Waals surface area contributed by atoms with Crippen LogP contribution in [0, 0.1) is 5.41 Å². The Kier molecular flexibility index (Phi) is 10.3. The molecule has 11 heteroatoms. The maximum absolute atomic E-state index is 12.5. The number of carbonyl (C=O) groups excluding carboxylic acids is 2. The molecule has 0 fully saturated rings. The molecule has 1 aromatic rings. The van der Waals surface area contributed by atoms with Crippen LogP contribution in [0.1, 0.15) is 25.3 Å². The lowest BCUT2D eigenvalue weighted by molar-refractivity contribution is -0.142. The number of aliphatic carboxylic acids is 1. The van der Waals surface area contributed by atoms with E-state index in [1.165, 1.54) is 6.92 Å². The third-order valence-corrected chi connectivity index (χ3v) is 4.30. The minimum Gasteiger partial charge on any atom is -0.480 e. The van der Waals surface area contributed by atoms with Gasteiger partial charge in [-0.25, -0.2) is 4.79 Å². The van der Waals surface area contributed by atoms with Crippen molar-refractivity contribution >= 4 is 23.7 Å². The lowest BCUT2D eigenvalue weighted by atomic mass is 10.0. The summed E-state index contributed by atoms with van der Waals surface area (Å²) in [4.78, 5) is 36.4. The molecule has 30 heavy (non-hydrogen) atoms. The maximum atomic E-state index is 12.5. The van der Waals surface area contributed by atoms with E-state index in [1.807, 2.05) is 0 Å². The zero-order valence-electron chi connectivity index (χ0n) is 16.8. The standard InChI is InChI=1S/C19H30N6O5/c1-11(26)15(25-16(27)13(20)8-5-9-23-19(21)22)17(28)24-14(18(29)30)10-12-6-3-2-4-7-12/h2-4,6-7,11,13-15,26H,5,8-10,20H2,1H3,(H,24,28)(H,25,27)(H,29,30)(H4,21,22,23)/t11-,13+,14+,15-/m1/s1. The molecule has 0 spiro atoms. The van der Waals surface area contributed by atoms with Crippen LogP contribution in [0.15, 0.2) is 30.3 Å². The molecule has 0 saturated heterocycles. The molecule has 4 atom stereocenters. The first-order valence-electron chi connectivity index (χ1n) is 9.50. The normalized spacial score (nSPS) is 14.6. The van der Waals surface area contributed by atoms with E-state index in [0.29, 0.717) is 18.5 Å². The van der Waals surface area contributed by atoms with Gasteiger partial charge in [0.25, 0.3) is 0 Å². The van der Waals surface area contributed by atoms with Crippen molar-refractivity contribution in [3.05, 3.63) is 35.9 Å². The van der Waals surface area contributed by atoms with E-state index in [4.69, 9.17) is 16.9 Å². The Labute approximate surface area is 174 Å². The minimum atomic E-state index is -1.36. The van der Waals surface area contributed by atoms with Crippen molar-refractivity contribution in [2.24, 2.45) is 11.5 Å². The molecule has 0 heterocycles. The lowest BCUT2D eigenvalue weighted by Gasteiger charge is -2.24. The van der Waals surface area contributed by atoms with E-state index in [9.17, 15) is 24.6 Å². The van der Waals surface area contributed by atoms with Gasteiger partial charge >= 0.3 is 5.97 Å². The highest BCUT2D eigenvalue weighted by molar-refractivity contribution is 5.92. The number of nitrogens with two attached hydrogens (primary N) is 2. The number of carbonyl (C=O) groups is 3. The molecule has 0 aromatic heterocycles. The molecule has 0 saturated carbocycles. The van der Waals surface area contributed by atoms with Crippen LogP contribution in [-0.2, 0) is 20.8 Å². The molecule has 0 aliphatic carbocycles. The molecule has 0 radical (unpaired) electrons. The van der Waals surface area contributed by atoms with Gasteiger partial charge in [-0.1, -0.05) is 30.3 Å². The number of amides is 2. The van der Waals surface area contributed by atoms with Gasteiger partial charge < -0.3 is 37.6 Å². The van der Waals surface area contributed by atoms with Gasteiger partial charge in [0.15, 0.2) is 5.96 Å². The van der Waals surface area contributed by atoms with Gasteiger partial charge in [0, 0.05) is 13.0 Å². The number of hydrogen-bond donors (Lipinski definition) is 8. The summed E-state index contributed by atoms with van der Waals surface area (Å²) in [5, 5.41) is 33.7. The van der Waals surface area contributed by atoms with Crippen molar-refractivity contribution in [1.82, 2.24) is 16.0 Å². The summed E-state index contributed by atoms with van der Waals surface area (Å²) in [7, 11) is 0. The fourth-order valence-electron chi connectivity index (χ4n) is 2.65. The number of rotatable bonds is 12. The second-order valence-electron chi connectivity index (χ2n) is 6.91. The Morgan fingerprint density at radius 3 is 2.30 bits per heavy atom. The Morgan fingerprint density at radius 2 is 1.77 bits per heavy atom. The Bertz CT molecular complexity index is 727. The zero-order chi connectivity index (χ0) is 22.7. The molecule has 2 amide bonds. The summed E-state index contributed by atoms with van der Waals surface area (Å²) in [6.45, 7) is 1.66. The molecular weight excluding hydrogens is 392 g/mol. The fraction of sp³-hybridized carbons (Fsp3) is 0.474. The predicted octanol–water partition coefficient (Wildman–Crippen LogP) is -1.75. The van der Waals surface area contributed by atoms with Crippen LogP contribution < -0.4 is 27.4 Å². The van der Waals surface area contributed by atoms with E-state index < -0.39 is 42.0 Å². The highest BCUT2D eigenvalue weighted by atomic mass is 16.4. The van der Waals surface area contributed by atoms with Crippen LogP contribution in [0.5, 0.6) is 0 Å². The number of carboxylic acids is 1. The minimum absolute atomic E-state index is 0.0467. The fourth-order valence-corrected chi connectivity index (χ4v) is 2.65. The van der Waals surface area contributed by atoms with Crippen molar-refractivity contribution in [3.63, 3.8) is 0 Å². The summed E-state index contributed by atoms with van der Waals surface area (Å²) >= 11 is 0. The highest BCUT2D eigenvalue weighted by Crippen LogP contribution is 2.05. The average molecular weight is 422 g/mol. The SMILES string of the molecule is C[C@@H](O)[C@@H](NC(=O)[C@@H](N)CCCNC(=N)N)C(=O)N[C@@H](Cc1ccccc1)C(=O)O. The first-order chi connectivity index (χ1) is 14.1. The van der Waals surface area contributed by atoms with Crippen LogP contribution in [-0.4, -0.2) is 64.7 Å². The number of benzene rings is 1. The van der Waals surface area contributed by atoms with Gasteiger partial charge in [0.1, 0.15) is 12.1 Å². The van der Waals surface area contributed by atoms with E-state index in [0.717, 1.165) is 0 Å². The van der Waals surface area contributed by atoms with E-state index >= 15 is 0 Å². The van der Waals surface area contributed by atoms with Crippen LogP contribution >= 0.6 is 0 Å². The number of aliphatic hydroxyl groups is 1. The molecule has 0 aliphatic rings. The smallest absolute Gasteiger partial charge is 0.326 e. The summed E-state index contributed by atoms with van der Waals surface area (Å²) in [5.74, 6) is -2.92. The summed E-state index contributed by atoms with van der Waals surface area (Å²) in [5.41, 5.74) is 11.7. The first kappa shape index (κ1) is 24.9. The number of nitrogens with one attached hydrogen (secondary N) is 4. The van der Waals surface area contributed by atoms with Gasteiger partial charge in [-0.2, -0.15) is 0 Å². The van der Waals surface area contributed by atoms with Crippen LogP contribution in [0.4, 0.5) is 0 Å². The van der Waals surface area contributed by atoms with Crippen molar-refractivity contribution in [2.45, 2.75) is 50.4 Å². The summed E-state index contributed by atoms with van der Waals surface area (Å²) in [6.07, 6.45) is -0.513. The van der Waals surface area contributed by atoms with Crippen molar-refractivity contribution in [3.8, 4) is 0 Å². The van der Waals surface area contributed by atoms with Gasteiger partial charge in [0.2, 0.25) is 11.8 Å². The number of aliphatic hydroxyl groups excluding tert-OH is 1. The largest absolute Gasteiger partial charge is 0.480 e. The van der Waals surface area contributed by atoms with E-state index in [1.54, 1.807) is 30.3 Å². The third-order valence-electron chi connectivity index (χ3n) is 4.30. The molecule has 166 valence electrons. The molecule has 10 N–H and O–H groups in total. The predicted molar refractivity (Wildman–Crippen MR) is 110 cm³/mol.